The topological polar surface area (TPSA) is 92.5 Å². The molecule has 4 nitrogen and oxygen atoms in total. The fourth-order valence-electron chi connectivity index (χ4n) is 0.972. The summed E-state index contributed by atoms with van der Waals surface area (Å²) in [5.74, 6) is 0.0465. The van der Waals surface area contributed by atoms with E-state index in [-0.39, 0.29) is 5.75 Å². The fraction of sp³-hybridized carbons (Fsp3) is 0.250. The van der Waals surface area contributed by atoms with Gasteiger partial charge in [0.05, 0.1) is 5.69 Å². The summed E-state index contributed by atoms with van der Waals surface area (Å²) < 4.78 is 0. The third-order valence-corrected chi connectivity index (χ3v) is 1.54. The molecule has 1 unspecified atom stereocenters. The normalized spacial score (nSPS) is 12.8. The van der Waals surface area contributed by atoms with Gasteiger partial charge in [-0.15, -0.1) is 0 Å². The van der Waals surface area contributed by atoms with Gasteiger partial charge >= 0.3 is 0 Å². The second kappa shape index (κ2) is 3.42. The molecule has 0 spiro atoms. The Bertz CT molecular complexity index is 274. The van der Waals surface area contributed by atoms with Gasteiger partial charge in [-0.1, -0.05) is 6.07 Å². The number of aromatic hydroxyl groups is 1. The van der Waals surface area contributed by atoms with Crippen molar-refractivity contribution in [2.24, 2.45) is 5.73 Å². The lowest BCUT2D eigenvalue weighted by Gasteiger charge is -2.05. The first-order chi connectivity index (χ1) is 5.59. The number of nitrogens with two attached hydrogens (primary N) is 2. The number of anilines is 1. The number of rotatable bonds is 2. The number of nitrogen functional groups attached to an aromatic ring is 1. The summed E-state index contributed by atoms with van der Waals surface area (Å²) in [4.78, 5) is 0. The van der Waals surface area contributed by atoms with Crippen molar-refractivity contribution >= 4 is 5.69 Å². The van der Waals surface area contributed by atoms with Crippen LogP contribution >= 0.6 is 0 Å². The standard InChI is InChI=1S/C8H12N2O2/c9-6-3-5(4-8(10)12)1-2-7(6)11/h1-3,8,11-12H,4,9-10H2. The van der Waals surface area contributed by atoms with Gasteiger partial charge in [-0.2, -0.15) is 0 Å². The highest BCUT2D eigenvalue weighted by Gasteiger charge is 2.01. The molecular weight excluding hydrogens is 156 g/mol. The zero-order chi connectivity index (χ0) is 9.14. The van der Waals surface area contributed by atoms with Crippen LogP contribution in [-0.4, -0.2) is 16.4 Å². The SMILES string of the molecule is Nc1cc(CC(N)O)ccc1O. The highest BCUT2D eigenvalue weighted by atomic mass is 16.3. The van der Waals surface area contributed by atoms with E-state index in [0.717, 1.165) is 5.56 Å². The molecule has 0 saturated heterocycles. The number of hydrogen-bond donors (Lipinski definition) is 4. The maximum atomic E-state index is 9.06. The van der Waals surface area contributed by atoms with Crippen molar-refractivity contribution in [2.45, 2.75) is 12.6 Å². The summed E-state index contributed by atoms with van der Waals surface area (Å²) in [5.41, 5.74) is 11.7. The molecule has 0 bridgehead atoms. The molecular formula is C8H12N2O2. The zero-order valence-electron chi connectivity index (χ0n) is 6.57. The Morgan fingerprint density at radius 3 is 2.58 bits per heavy atom. The predicted octanol–water partition coefficient (Wildman–Crippen LogP) is -0.206. The summed E-state index contributed by atoms with van der Waals surface area (Å²) in [7, 11) is 0. The van der Waals surface area contributed by atoms with Crippen molar-refractivity contribution in [3.63, 3.8) is 0 Å². The number of benzene rings is 1. The molecule has 1 aromatic rings. The van der Waals surface area contributed by atoms with Crippen molar-refractivity contribution in [2.75, 3.05) is 5.73 Å². The highest BCUT2D eigenvalue weighted by Crippen LogP contribution is 2.20. The number of aliphatic hydroxyl groups is 1. The van der Waals surface area contributed by atoms with E-state index < -0.39 is 6.23 Å². The molecule has 66 valence electrons. The van der Waals surface area contributed by atoms with E-state index in [0.29, 0.717) is 12.1 Å². The number of phenols is 1. The number of aliphatic hydroxyl groups excluding tert-OH is 1. The summed E-state index contributed by atoms with van der Waals surface area (Å²) in [6.07, 6.45) is -0.543. The predicted molar refractivity (Wildman–Crippen MR) is 46.4 cm³/mol. The number of phenolic OH excluding ortho intramolecular Hbond substituents is 1. The molecule has 0 aromatic heterocycles. The van der Waals surface area contributed by atoms with Gasteiger partial charge in [0.25, 0.3) is 0 Å². The Kier molecular flexibility index (Phi) is 2.52. The molecule has 1 rings (SSSR count). The van der Waals surface area contributed by atoms with Crippen molar-refractivity contribution in [1.29, 1.82) is 0 Å². The van der Waals surface area contributed by atoms with Gasteiger partial charge in [-0.25, -0.2) is 0 Å². The average molecular weight is 168 g/mol. The molecule has 0 radical (unpaired) electrons. The molecule has 0 saturated carbocycles. The van der Waals surface area contributed by atoms with Gasteiger partial charge in [0, 0.05) is 6.42 Å². The van der Waals surface area contributed by atoms with E-state index in [1.54, 1.807) is 12.1 Å². The van der Waals surface area contributed by atoms with E-state index in [4.69, 9.17) is 21.7 Å². The summed E-state index contributed by atoms with van der Waals surface area (Å²) in [6.45, 7) is 0. The molecule has 0 fully saturated rings. The van der Waals surface area contributed by atoms with Gasteiger partial charge in [-0.05, 0) is 17.7 Å². The molecule has 0 aliphatic carbocycles. The first kappa shape index (κ1) is 8.83. The first-order valence-corrected chi connectivity index (χ1v) is 3.60. The fourth-order valence-corrected chi connectivity index (χ4v) is 0.972. The van der Waals surface area contributed by atoms with E-state index in [1.165, 1.54) is 6.07 Å². The Morgan fingerprint density at radius 2 is 2.08 bits per heavy atom. The second-order valence-corrected chi connectivity index (χ2v) is 2.66. The second-order valence-electron chi connectivity index (χ2n) is 2.66. The molecule has 4 heteroatoms. The smallest absolute Gasteiger partial charge is 0.138 e. The van der Waals surface area contributed by atoms with E-state index in [2.05, 4.69) is 0 Å². The summed E-state index contributed by atoms with van der Waals surface area (Å²) in [5, 5.41) is 17.9. The lowest BCUT2D eigenvalue weighted by Crippen LogP contribution is -2.21. The summed E-state index contributed by atoms with van der Waals surface area (Å²) in [6, 6.07) is 4.74. The Hall–Kier alpha value is -1.26. The minimum Gasteiger partial charge on any atom is -0.506 e. The third-order valence-electron chi connectivity index (χ3n) is 1.54. The maximum Gasteiger partial charge on any atom is 0.138 e. The van der Waals surface area contributed by atoms with Crippen LogP contribution in [0.25, 0.3) is 0 Å². The zero-order valence-corrected chi connectivity index (χ0v) is 6.57. The Balaban J connectivity index is 2.82. The molecule has 0 amide bonds. The third kappa shape index (κ3) is 2.11. The highest BCUT2D eigenvalue weighted by molar-refractivity contribution is 5.53. The molecule has 1 aromatic carbocycles. The summed E-state index contributed by atoms with van der Waals surface area (Å²) >= 11 is 0. The van der Waals surface area contributed by atoms with Gasteiger partial charge in [0.15, 0.2) is 0 Å². The maximum absolute atomic E-state index is 9.06. The Labute approximate surface area is 70.4 Å². The molecule has 0 aliphatic heterocycles. The van der Waals surface area contributed by atoms with Crippen LogP contribution in [0.15, 0.2) is 18.2 Å². The van der Waals surface area contributed by atoms with E-state index in [1.807, 2.05) is 0 Å². The van der Waals surface area contributed by atoms with Crippen molar-refractivity contribution < 1.29 is 10.2 Å². The van der Waals surface area contributed by atoms with Gasteiger partial charge in [-0.3, -0.25) is 0 Å². The lowest BCUT2D eigenvalue weighted by molar-refractivity contribution is 0.183. The molecule has 6 N–H and O–H groups in total. The first-order valence-electron chi connectivity index (χ1n) is 3.60. The average Bonchev–Trinajstić information content (AvgIpc) is 1.96. The van der Waals surface area contributed by atoms with Gasteiger partial charge < -0.3 is 21.7 Å². The lowest BCUT2D eigenvalue weighted by atomic mass is 10.1. The van der Waals surface area contributed by atoms with E-state index >= 15 is 0 Å². The quantitative estimate of drug-likeness (QED) is 0.279. The molecule has 0 aliphatic rings. The van der Waals surface area contributed by atoms with Crippen LogP contribution in [0.3, 0.4) is 0 Å². The molecule has 12 heavy (non-hydrogen) atoms. The molecule has 1 atom stereocenters. The van der Waals surface area contributed by atoms with Crippen molar-refractivity contribution in [3.8, 4) is 5.75 Å². The van der Waals surface area contributed by atoms with Crippen LogP contribution in [0, 0.1) is 0 Å². The Morgan fingerprint density at radius 1 is 1.42 bits per heavy atom. The van der Waals surface area contributed by atoms with E-state index in [9.17, 15) is 0 Å². The monoisotopic (exact) mass is 168 g/mol. The molecule has 0 heterocycles. The van der Waals surface area contributed by atoms with Crippen LogP contribution in [-0.2, 0) is 6.42 Å². The van der Waals surface area contributed by atoms with Crippen LogP contribution < -0.4 is 11.5 Å². The van der Waals surface area contributed by atoms with Crippen LogP contribution in [0.5, 0.6) is 5.75 Å². The number of hydrogen-bond acceptors (Lipinski definition) is 4. The minimum absolute atomic E-state index is 0.0465. The van der Waals surface area contributed by atoms with Crippen LogP contribution in [0.2, 0.25) is 0 Å². The largest absolute Gasteiger partial charge is 0.506 e. The van der Waals surface area contributed by atoms with Crippen LogP contribution in [0.4, 0.5) is 5.69 Å². The minimum atomic E-state index is -0.881. The van der Waals surface area contributed by atoms with Crippen LogP contribution in [0.1, 0.15) is 5.56 Å². The van der Waals surface area contributed by atoms with Gasteiger partial charge in [0.1, 0.15) is 12.0 Å². The van der Waals surface area contributed by atoms with Crippen molar-refractivity contribution in [1.82, 2.24) is 0 Å². The van der Waals surface area contributed by atoms with Gasteiger partial charge in [0.2, 0.25) is 0 Å². The van der Waals surface area contributed by atoms with Crippen molar-refractivity contribution in [3.05, 3.63) is 23.8 Å².